The van der Waals surface area contributed by atoms with Crippen molar-refractivity contribution in [3.8, 4) is 0 Å². The van der Waals surface area contributed by atoms with Gasteiger partial charge in [0.25, 0.3) is 0 Å². The average Bonchev–Trinajstić information content (AvgIpc) is 2.87. The van der Waals surface area contributed by atoms with Crippen LogP contribution in [0.4, 0.5) is 0 Å². The van der Waals surface area contributed by atoms with Gasteiger partial charge in [0, 0.05) is 0 Å². The fraction of sp³-hybridized carbons (Fsp3) is 0.381. The minimum absolute atomic E-state index is 0.248. The SMILES string of the molecule is O=C1OC(c2ccccc2)C(O)(c2ccccc2)C12CCCCC2. The van der Waals surface area contributed by atoms with E-state index in [9.17, 15) is 9.90 Å². The Morgan fingerprint density at radius 2 is 1.46 bits per heavy atom. The fourth-order valence-electron chi connectivity index (χ4n) is 4.51. The Kier molecular flexibility index (Phi) is 3.69. The van der Waals surface area contributed by atoms with E-state index in [2.05, 4.69) is 0 Å². The van der Waals surface area contributed by atoms with E-state index in [1.54, 1.807) is 0 Å². The van der Waals surface area contributed by atoms with Crippen LogP contribution in [-0.4, -0.2) is 11.1 Å². The van der Waals surface area contributed by atoms with Crippen LogP contribution in [0.1, 0.15) is 49.3 Å². The van der Waals surface area contributed by atoms with Crippen molar-refractivity contribution in [2.45, 2.75) is 43.8 Å². The molecule has 1 N–H and O–H groups in total. The van der Waals surface area contributed by atoms with Crippen molar-refractivity contribution in [1.29, 1.82) is 0 Å². The summed E-state index contributed by atoms with van der Waals surface area (Å²) in [5.41, 5.74) is -0.550. The van der Waals surface area contributed by atoms with Crippen LogP contribution in [0.3, 0.4) is 0 Å². The van der Waals surface area contributed by atoms with E-state index >= 15 is 0 Å². The molecule has 3 heteroatoms. The van der Waals surface area contributed by atoms with E-state index in [-0.39, 0.29) is 5.97 Å². The van der Waals surface area contributed by atoms with E-state index in [4.69, 9.17) is 4.74 Å². The zero-order chi connectivity index (χ0) is 16.6. The second kappa shape index (κ2) is 5.75. The van der Waals surface area contributed by atoms with Crippen molar-refractivity contribution < 1.29 is 14.6 Å². The topological polar surface area (TPSA) is 46.5 Å². The summed E-state index contributed by atoms with van der Waals surface area (Å²) < 4.78 is 5.82. The quantitative estimate of drug-likeness (QED) is 0.846. The molecule has 1 aliphatic heterocycles. The van der Waals surface area contributed by atoms with Crippen LogP contribution in [0, 0.1) is 5.41 Å². The van der Waals surface area contributed by atoms with E-state index in [1.165, 1.54) is 0 Å². The lowest BCUT2D eigenvalue weighted by molar-refractivity contribution is -0.152. The van der Waals surface area contributed by atoms with Gasteiger partial charge in [-0.1, -0.05) is 79.9 Å². The average molecular weight is 322 g/mol. The Morgan fingerprint density at radius 1 is 0.875 bits per heavy atom. The predicted molar refractivity (Wildman–Crippen MR) is 91.1 cm³/mol. The van der Waals surface area contributed by atoms with Crippen LogP contribution in [0.25, 0.3) is 0 Å². The summed E-state index contributed by atoms with van der Waals surface area (Å²) in [5.74, 6) is -0.248. The fourth-order valence-corrected chi connectivity index (χ4v) is 4.51. The summed E-state index contributed by atoms with van der Waals surface area (Å²) in [7, 11) is 0. The van der Waals surface area contributed by atoms with Crippen molar-refractivity contribution in [3.05, 3.63) is 71.8 Å². The highest BCUT2D eigenvalue weighted by Crippen LogP contribution is 2.61. The molecule has 2 atom stereocenters. The van der Waals surface area contributed by atoms with Gasteiger partial charge in [-0.25, -0.2) is 0 Å². The zero-order valence-corrected chi connectivity index (χ0v) is 13.7. The van der Waals surface area contributed by atoms with E-state index in [1.807, 2.05) is 60.7 Å². The highest BCUT2D eigenvalue weighted by molar-refractivity contribution is 5.82. The number of cyclic esters (lactones) is 1. The summed E-state index contributed by atoms with van der Waals surface area (Å²) in [6.07, 6.45) is 3.71. The third kappa shape index (κ3) is 2.04. The number of hydrogen-bond donors (Lipinski definition) is 1. The Labute approximate surface area is 142 Å². The molecule has 2 aromatic rings. The summed E-state index contributed by atoms with van der Waals surface area (Å²) in [4.78, 5) is 12.9. The number of rotatable bonds is 2. The van der Waals surface area contributed by atoms with Crippen molar-refractivity contribution in [2.75, 3.05) is 0 Å². The Morgan fingerprint density at radius 3 is 2.08 bits per heavy atom. The number of carbonyl (C=O) groups excluding carboxylic acids is 1. The van der Waals surface area contributed by atoms with Gasteiger partial charge in [-0.05, 0) is 24.0 Å². The normalized spacial score (nSPS) is 28.7. The van der Waals surface area contributed by atoms with Crippen LogP contribution in [0.15, 0.2) is 60.7 Å². The highest BCUT2D eigenvalue weighted by Gasteiger charge is 2.67. The molecule has 1 saturated carbocycles. The largest absolute Gasteiger partial charge is 0.453 e. The second-order valence-corrected chi connectivity index (χ2v) is 6.97. The van der Waals surface area contributed by atoms with Gasteiger partial charge in [-0.2, -0.15) is 0 Å². The molecule has 0 radical (unpaired) electrons. The minimum Gasteiger partial charge on any atom is -0.453 e. The Hall–Kier alpha value is -2.13. The first-order chi connectivity index (χ1) is 11.7. The molecular formula is C21H22O3. The number of benzene rings is 2. The Bertz CT molecular complexity index is 719. The molecule has 1 spiro atoms. The van der Waals surface area contributed by atoms with Gasteiger partial charge in [0.1, 0.15) is 11.0 Å². The Balaban J connectivity index is 1.91. The zero-order valence-electron chi connectivity index (χ0n) is 13.7. The number of aliphatic hydroxyl groups is 1. The van der Waals surface area contributed by atoms with E-state index < -0.39 is 17.1 Å². The molecule has 24 heavy (non-hydrogen) atoms. The molecule has 124 valence electrons. The third-order valence-corrected chi connectivity index (χ3v) is 5.75. The van der Waals surface area contributed by atoms with Crippen LogP contribution < -0.4 is 0 Å². The summed E-state index contributed by atoms with van der Waals surface area (Å²) in [6.45, 7) is 0. The maximum Gasteiger partial charge on any atom is 0.316 e. The van der Waals surface area contributed by atoms with E-state index in [0.717, 1.165) is 30.4 Å². The van der Waals surface area contributed by atoms with Crippen LogP contribution in [-0.2, 0) is 15.1 Å². The van der Waals surface area contributed by atoms with Gasteiger partial charge < -0.3 is 9.84 Å². The first-order valence-corrected chi connectivity index (χ1v) is 8.72. The standard InChI is InChI=1S/C21H22O3/c22-19-20(14-8-3-9-15-20)21(23,17-12-6-2-7-13-17)18(24-19)16-10-4-1-5-11-16/h1-2,4-7,10-13,18,23H,3,8-9,14-15H2. The summed E-state index contributed by atoms with van der Waals surface area (Å²) in [6, 6.07) is 19.2. The van der Waals surface area contributed by atoms with Crippen LogP contribution in [0.5, 0.6) is 0 Å². The number of ether oxygens (including phenoxy) is 1. The lowest BCUT2D eigenvalue weighted by atomic mass is 9.60. The molecule has 1 heterocycles. The van der Waals surface area contributed by atoms with Crippen LogP contribution >= 0.6 is 0 Å². The first-order valence-electron chi connectivity index (χ1n) is 8.72. The molecule has 0 amide bonds. The lowest BCUT2D eigenvalue weighted by Gasteiger charge is -2.43. The molecule has 4 rings (SSSR count). The van der Waals surface area contributed by atoms with Gasteiger partial charge in [0.05, 0.1) is 0 Å². The third-order valence-electron chi connectivity index (χ3n) is 5.75. The minimum atomic E-state index is -1.33. The molecule has 1 saturated heterocycles. The molecule has 2 unspecified atom stereocenters. The predicted octanol–water partition coefficient (Wildman–Crippen LogP) is 4.12. The van der Waals surface area contributed by atoms with Gasteiger partial charge in [0.2, 0.25) is 0 Å². The smallest absolute Gasteiger partial charge is 0.316 e. The molecular weight excluding hydrogens is 300 g/mol. The number of esters is 1. The lowest BCUT2D eigenvalue weighted by Crippen LogP contribution is -2.48. The maximum atomic E-state index is 12.9. The highest BCUT2D eigenvalue weighted by atomic mass is 16.6. The molecule has 2 aromatic carbocycles. The van der Waals surface area contributed by atoms with Crippen molar-refractivity contribution in [3.63, 3.8) is 0 Å². The second-order valence-electron chi connectivity index (χ2n) is 6.97. The molecule has 0 aromatic heterocycles. The first kappa shape index (κ1) is 15.4. The van der Waals surface area contributed by atoms with Gasteiger partial charge in [0.15, 0.2) is 6.10 Å². The molecule has 3 nitrogen and oxygen atoms in total. The summed E-state index contributed by atoms with van der Waals surface area (Å²) in [5, 5.41) is 12.0. The van der Waals surface area contributed by atoms with Crippen molar-refractivity contribution in [1.82, 2.24) is 0 Å². The van der Waals surface area contributed by atoms with Gasteiger partial charge in [-0.15, -0.1) is 0 Å². The number of hydrogen-bond acceptors (Lipinski definition) is 3. The van der Waals surface area contributed by atoms with E-state index in [0.29, 0.717) is 12.8 Å². The maximum absolute atomic E-state index is 12.9. The van der Waals surface area contributed by atoms with Crippen molar-refractivity contribution in [2.24, 2.45) is 5.41 Å². The summed E-state index contributed by atoms with van der Waals surface area (Å²) >= 11 is 0. The molecule has 0 bridgehead atoms. The molecule has 2 aliphatic rings. The molecule has 2 fully saturated rings. The molecule has 1 aliphatic carbocycles. The number of carbonyl (C=O) groups is 1. The van der Waals surface area contributed by atoms with Gasteiger partial charge >= 0.3 is 5.97 Å². The van der Waals surface area contributed by atoms with Gasteiger partial charge in [-0.3, -0.25) is 4.79 Å². The van der Waals surface area contributed by atoms with Crippen LogP contribution in [0.2, 0.25) is 0 Å². The monoisotopic (exact) mass is 322 g/mol. The van der Waals surface area contributed by atoms with Crippen molar-refractivity contribution >= 4 is 5.97 Å².